The first-order valence-corrected chi connectivity index (χ1v) is 11.0. The van der Waals surface area contributed by atoms with Gasteiger partial charge in [0.1, 0.15) is 0 Å². The minimum atomic E-state index is 0.279. The second-order valence-electron chi connectivity index (χ2n) is 8.30. The molecule has 0 N–H and O–H groups in total. The lowest BCUT2D eigenvalue weighted by molar-refractivity contribution is -0.133. The molecule has 3 rings (SSSR count). The molecule has 1 atom stereocenters. The second-order valence-corrected chi connectivity index (χ2v) is 8.30. The van der Waals surface area contributed by atoms with Crippen LogP contribution < -0.4 is 0 Å². The molecule has 4 nitrogen and oxygen atoms in total. The summed E-state index contributed by atoms with van der Waals surface area (Å²) in [6.07, 6.45) is 17.4. The molecule has 146 valence electrons. The first kappa shape index (κ1) is 19.4. The van der Waals surface area contributed by atoms with Crippen LogP contribution in [0.4, 0.5) is 0 Å². The monoisotopic (exact) mass is 360 g/mol. The van der Waals surface area contributed by atoms with E-state index in [1.165, 1.54) is 44.2 Å². The predicted octanol–water partition coefficient (Wildman–Crippen LogP) is 4.65. The largest absolute Gasteiger partial charge is 0.343 e. The normalized spacial score (nSPS) is 24.3. The number of carbonyl (C=O) groups is 2. The average Bonchev–Trinajstić information content (AvgIpc) is 2.64. The maximum absolute atomic E-state index is 12.7. The van der Waals surface area contributed by atoms with Crippen molar-refractivity contribution in [1.82, 2.24) is 9.80 Å². The fourth-order valence-corrected chi connectivity index (χ4v) is 4.79. The summed E-state index contributed by atoms with van der Waals surface area (Å²) in [4.78, 5) is 29.2. The number of amides is 2. The van der Waals surface area contributed by atoms with Gasteiger partial charge in [-0.15, -0.1) is 0 Å². The van der Waals surface area contributed by atoms with Gasteiger partial charge in [0.2, 0.25) is 11.8 Å². The Kier molecular flexibility index (Phi) is 7.57. The summed E-state index contributed by atoms with van der Waals surface area (Å²) in [5, 5.41) is 0. The molecule has 4 heteroatoms. The molecule has 26 heavy (non-hydrogen) atoms. The second kappa shape index (κ2) is 10.1. The molecular weight excluding hydrogens is 324 g/mol. The topological polar surface area (TPSA) is 40.6 Å². The molecule has 0 saturated carbocycles. The third-order valence-corrected chi connectivity index (χ3v) is 6.32. The summed E-state index contributed by atoms with van der Waals surface area (Å²) in [5.74, 6) is 1.20. The third-order valence-electron chi connectivity index (χ3n) is 6.32. The Hall–Kier alpha value is -1.32. The number of hydrogen-bond donors (Lipinski definition) is 0. The van der Waals surface area contributed by atoms with Gasteiger partial charge in [-0.25, -0.2) is 0 Å². The maximum Gasteiger partial charge on any atom is 0.226 e. The van der Waals surface area contributed by atoms with Crippen LogP contribution in [0.3, 0.4) is 0 Å². The number of hydrogen-bond acceptors (Lipinski definition) is 2. The highest BCUT2D eigenvalue weighted by Gasteiger charge is 2.29. The van der Waals surface area contributed by atoms with Crippen LogP contribution in [0.1, 0.15) is 89.9 Å². The Labute approximate surface area is 159 Å². The van der Waals surface area contributed by atoms with Crippen LogP contribution >= 0.6 is 0 Å². The van der Waals surface area contributed by atoms with Gasteiger partial charge in [0, 0.05) is 38.2 Å². The Bertz CT molecular complexity index is 506. The Morgan fingerprint density at radius 1 is 0.808 bits per heavy atom. The van der Waals surface area contributed by atoms with E-state index in [0.29, 0.717) is 24.7 Å². The van der Waals surface area contributed by atoms with Gasteiger partial charge < -0.3 is 9.80 Å². The molecule has 2 heterocycles. The molecule has 0 radical (unpaired) electrons. The summed E-state index contributed by atoms with van der Waals surface area (Å²) in [7, 11) is 0. The van der Waals surface area contributed by atoms with Gasteiger partial charge in [-0.3, -0.25) is 9.59 Å². The molecular formula is C22H36N2O2. The van der Waals surface area contributed by atoms with Gasteiger partial charge in [-0.2, -0.15) is 0 Å². The number of nitrogens with zero attached hydrogens (tertiary/aromatic N) is 2. The van der Waals surface area contributed by atoms with Crippen LogP contribution in [-0.4, -0.2) is 41.2 Å². The first-order valence-electron chi connectivity index (χ1n) is 11.0. The summed E-state index contributed by atoms with van der Waals surface area (Å²) < 4.78 is 0. The smallest absolute Gasteiger partial charge is 0.226 e. The first-order chi connectivity index (χ1) is 12.8. The van der Waals surface area contributed by atoms with E-state index in [1.807, 2.05) is 0 Å². The predicted molar refractivity (Wildman–Crippen MR) is 105 cm³/mol. The van der Waals surface area contributed by atoms with Crippen molar-refractivity contribution in [2.75, 3.05) is 19.6 Å². The zero-order chi connectivity index (χ0) is 18.2. The van der Waals surface area contributed by atoms with E-state index >= 15 is 0 Å². The number of piperidine rings is 1. The molecule has 0 bridgehead atoms. The molecule has 0 aromatic rings. The Balaban J connectivity index is 1.38. The molecule has 1 unspecified atom stereocenters. The Morgan fingerprint density at radius 2 is 1.46 bits per heavy atom. The molecule has 0 aromatic carbocycles. The highest BCUT2D eigenvalue weighted by Crippen LogP contribution is 2.35. The number of allylic oxidation sites excluding steroid dienone is 2. The van der Waals surface area contributed by atoms with Crippen LogP contribution in [0, 0.1) is 5.92 Å². The van der Waals surface area contributed by atoms with Gasteiger partial charge in [0.05, 0.1) is 0 Å². The number of fused-ring (bicyclic) bond motifs is 1. The molecule has 2 saturated heterocycles. The minimum Gasteiger partial charge on any atom is -0.343 e. The third kappa shape index (κ3) is 5.34. The zero-order valence-electron chi connectivity index (χ0n) is 16.4. The fourth-order valence-electron chi connectivity index (χ4n) is 4.79. The van der Waals surface area contributed by atoms with Crippen molar-refractivity contribution >= 4 is 11.8 Å². The molecule has 3 aliphatic rings. The fraction of sp³-hybridized carbons (Fsp3) is 0.818. The zero-order valence-corrected chi connectivity index (χ0v) is 16.4. The van der Waals surface area contributed by atoms with Crippen LogP contribution in [0.15, 0.2) is 11.8 Å². The number of carbonyl (C=O) groups excluding carboxylic acids is 2. The SMILES string of the molecule is O=C(CCCCC(=O)N1CCCC2CCCC=C21)N1CCCCCCC1. The van der Waals surface area contributed by atoms with Gasteiger partial charge in [0.25, 0.3) is 0 Å². The van der Waals surface area contributed by atoms with Crippen LogP contribution in [0.2, 0.25) is 0 Å². The van der Waals surface area contributed by atoms with Crippen molar-refractivity contribution in [3.63, 3.8) is 0 Å². The van der Waals surface area contributed by atoms with E-state index in [-0.39, 0.29) is 5.91 Å². The summed E-state index contributed by atoms with van der Waals surface area (Å²) in [6, 6.07) is 0. The van der Waals surface area contributed by atoms with Gasteiger partial charge in [0.15, 0.2) is 0 Å². The van der Waals surface area contributed by atoms with Crippen molar-refractivity contribution < 1.29 is 9.59 Å². The lowest BCUT2D eigenvalue weighted by Crippen LogP contribution is -2.38. The number of rotatable bonds is 5. The summed E-state index contributed by atoms with van der Waals surface area (Å²) in [5.41, 5.74) is 1.31. The van der Waals surface area contributed by atoms with E-state index in [1.54, 1.807) is 0 Å². The van der Waals surface area contributed by atoms with Crippen LogP contribution in [-0.2, 0) is 9.59 Å². The van der Waals surface area contributed by atoms with E-state index in [0.717, 1.165) is 58.2 Å². The van der Waals surface area contributed by atoms with Crippen LogP contribution in [0.5, 0.6) is 0 Å². The molecule has 2 amide bonds. The molecule has 2 fully saturated rings. The van der Waals surface area contributed by atoms with Gasteiger partial charge in [-0.05, 0) is 63.7 Å². The van der Waals surface area contributed by atoms with E-state index in [2.05, 4.69) is 15.9 Å². The highest BCUT2D eigenvalue weighted by atomic mass is 16.2. The van der Waals surface area contributed by atoms with Crippen molar-refractivity contribution in [3.05, 3.63) is 11.8 Å². The minimum absolute atomic E-state index is 0.279. The molecule has 2 aliphatic heterocycles. The van der Waals surface area contributed by atoms with Gasteiger partial charge in [-0.1, -0.05) is 25.3 Å². The van der Waals surface area contributed by atoms with Crippen molar-refractivity contribution in [3.8, 4) is 0 Å². The summed E-state index contributed by atoms with van der Waals surface area (Å²) >= 11 is 0. The maximum atomic E-state index is 12.7. The van der Waals surface area contributed by atoms with E-state index in [9.17, 15) is 9.59 Å². The molecule has 0 aromatic heterocycles. The van der Waals surface area contributed by atoms with Crippen molar-refractivity contribution in [2.45, 2.75) is 89.9 Å². The summed E-state index contributed by atoms with van der Waals surface area (Å²) in [6.45, 7) is 2.76. The van der Waals surface area contributed by atoms with Crippen molar-refractivity contribution in [2.24, 2.45) is 5.92 Å². The van der Waals surface area contributed by atoms with E-state index in [4.69, 9.17) is 0 Å². The van der Waals surface area contributed by atoms with E-state index < -0.39 is 0 Å². The lowest BCUT2D eigenvalue weighted by Gasteiger charge is -2.38. The molecule has 1 aliphatic carbocycles. The number of unbranched alkanes of at least 4 members (excludes halogenated alkanes) is 1. The number of likely N-dealkylation sites (tertiary alicyclic amines) is 2. The standard InChI is InChI=1S/C22H36N2O2/c25-21(23-16-8-2-1-3-9-17-23)14-6-7-15-22(26)24-18-10-12-19-11-4-5-13-20(19)24/h13,19H,1-12,14-18H2. The van der Waals surface area contributed by atoms with Crippen molar-refractivity contribution in [1.29, 1.82) is 0 Å². The average molecular weight is 361 g/mol. The highest BCUT2D eigenvalue weighted by molar-refractivity contribution is 5.79. The van der Waals surface area contributed by atoms with Gasteiger partial charge >= 0.3 is 0 Å². The Morgan fingerprint density at radius 3 is 2.23 bits per heavy atom. The van der Waals surface area contributed by atoms with Crippen LogP contribution in [0.25, 0.3) is 0 Å². The molecule has 0 spiro atoms. The lowest BCUT2D eigenvalue weighted by atomic mass is 9.85. The quantitative estimate of drug-likeness (QED) is 0.670.